The average molecular weight is 396 g/mol. The van der Waals surface area contributed by atoms with Gasteiger partial charge >= 0.3 is 0 Å². The van der Waals surface area contributed by atoms with E-state index in [4.69, 9.17) is 10.00 Å². The van der Waals surface area contributed by atoms with Gasteiger partial charge in [-0.25, -0.2) is 4.39 Å². The van der Waals surface area contributed by atoms with Crippen molar-refractivity contribution in [3.05, 3.63) is 56.9 Å². The quantitative estimate of drug-likeness (QED) is 0.808. The number of rotatable bonds is 3. The summed E-state index contributed by atoms with van der Waals surface area (Å²) >= 11 is 1.90. The molecule has 0 aliphatic rings. The normalized spacial score (nSPS) is 9.81. The molecule has 0 fully saturated rings. The predicted octanol–water partition coefficient (Wildman–Crippen LogP) is 3.56. The molecule has 1 amide bonds. The van der Waals surface area contributed by atoms with Gasteiger partial charge in [0, 0.05) is 9.64 Å². The molecule has 106 valence electrons. The van der Waals surface area contributed by atoms with Gasteiger partial charge in [0.25, 0.3) is 5.91 Å². The van der Waals surface area contributed by atoms with Crippen molar-refractivity contribution >= 4 is 34.2 Å². The van der Waals surface area contributed by atoms with E-state index >= 15 is 0 Å². The third kappa shape index (κ3) is 3.49. The smallest absolute Gasteiger partial charge is 0.256 e. The average Bonchev–Trinajstić information content (AvgIpc) is 2.47. The van der Waals surface area contributed by atoms with E-state index in [0.717, 1.165) is 0 Å². The summed E-state index contributed by atoms with van der Waals surface area (Å²) in [6.07, 6.45) is 0. The van der Waals surface area contributed by atoms with Gasteiger partial charge in [0.05, 0.1) is 30.0 Å². The number of hydrogen-bond acceptors (Lipinski definition) is 3. The van der Waals surface area contributed by atoms with Crippen LogP contribution in [0, 0.1) is 20.7 Å². The number of ether oxygens (including phenoxy) is 1. The Labute approximate surface area is 134 Å². The van der Waals surface area contributed by atoms with Crippen LogP contribution in [0.2, 0.25) is 0 Å². The van der Waals surface area contributed by atoms with Gasteiger partial charge in [-0.15, -0.1) is 0 Å². The van der Waals surface area contributed by atoms with E-state index in [2.05, 4.69) is 5.32 Å². The monoisotopic (exact) mass is 396 g/mol. The van der Waals surface area contributed by atoms with E-state index in [0.29, 0.717) is 26.1 Å². The Morgan fingerprint density at radius 2 is 2.10 bits per heavy atom. The zero-order valence-corrected chi connectivity index (χ0v) is 13.1. The molecule has 0 heterocycles. The lowest BCUT2D eigenvalue weighted by atomic mass is 10.1. The number of halogens is 2. The summed E-state index contributed by atoms with van der Waals surface area (Å²) in [6, 6.07) is 10.6. The molecule has 6 heteroatoms. The maximum absolute atomic E-state index is 13.1. The molecule has 1 N–H and O–H groups in total. The van der Waals surface area contributed by atoms with E-state index in [-0.39, 0.29) is 5.91 Å². The van der Waals surface area contributed by atoms with Crippen molar-refractivity contribution in [3.8, 4) is 11.8 Å². The van der Waals surface area contributed by atoms with Gasteiger partial charge in [-0.05, 0) is 52.9 Å². The number of hydrogen-bond donors (Lipinski definition) is 1. The van der Waals surface area contributed by atoms with Crippen LogP contribution < -0.4 is 10.1 Å². The zero-order valence-electron chi connectivity index (χ0n) is 11.0. The van der Waals surface area contributed by atoms with Crippen LogP contribution in [-0.4, -0.2) is 13.0 Å². The first kappa shape index (κ1) is 15.3. The van der Waals surface area contributed by atoms with Crippen molar-refractivity contribution in [3.63, 3.8) is 0 Å². The van der Waals surface area contributed by atoms with E-state index in [1.807, 2.05) is 28.7 Å². The Morgan fingerprint density at radius 1 is 1.33 bits per heavy atom. The van der Waals surface area contributed by atoms with Crippen molar-refractivity contribution in [1.29, 1.82) is 5.26 Å². The van der Waals surface area contributed by atoms with Crippen LogP contribution in [-0.2, 0) is 0 Å². The third-order valence-electron chi connectivity index (χ3n) is 2.75. The number of methoxy groups -OCH3 is 1. The second-order valence-corrected chi connectivity index (χ2v) is 5.27. The minimum Gasteiger partial charge on any atom is -0.495 e. The number of benzene rings is 2. The molecule has 2 rings (SSSR count). The number of nitrogens with zero attached hydrogens (tertiary/aromatic N) is 1. The van der Waals surface area contributed by atoms with Gasteiger partial charge < -0.3 is 10.1 Å². The molecule has 0 saturated carbocycles. The Bertz CT molecular complexity index is 741. The minimum absolute atomic E-state index is 0.364. The summed E-state index contributed by atoms with van der Waals surface area (Å²) in [7, 11) is 1.45. The van der Waals surface area contributed by atoms with Crippen molar-refractivity contribution < 1.29 is 13.9 Å². The molecule has 0 bridgehead atoms. The van der Waals surface area contributed by atoms with E-state index < -0.39 is 5.82 Å². The first-order chi connectivity index (χ1) is 10.0. The van der Waals surface area contributed by atoms with Crippen LogP contribution in [0.5, 0.6) is 5.75 Å². The number of carbonyl (C=O) groups excluding carboxylic acids is 1. The molecule has 0 spiro atoms. The standard InChI is InChI=1S/C15H10FIN2O2/c1-21-14-6-9(8-18)2-5-13(14)19-15(20)11-4-3-10(16)7-12(11)17/h2-7H,1H3,(H,19,20). The molecule has 0 atom stereocenters. The van der Waals surface area contributed by atoms with Crippen molar-refractivity contribution in [1.82, 2.24) is 0 Å². The van der Waals surface area contributed by atoms with Crippen LogP contribution in [0.25, 0.3) is 0 Å². The molecule has 0 aliphatic heterocycles. The number of nitrogens with one attached hydrogen (secondary N) is 1. The molecule has 0 aromatic heterocycles. The molecular weight excluding hydrogens is 386 g/mol. The van der Waals surface area contributed by atoms with Gasteiger partial charge in [-0.3, -0.25) is 4.79 Å². The molecule has 0 radical (unpaired) electrons. The van der Waals surface area contributed by atoms with Crippen LogP contribution in [0.3, 0.4) is 0 Å². The van der Waals surface area contributed by atoms with Crippen molar-refractivity contribution in [2.75, 3.05) is 12.4 Å². The lowest BCUT2D eigenvalue weighted by molar-refractivity contribution is 0.102. The van der Waals surface area contributed by atoms with E-state index in [1.54, 1.807) is 12.1 Å². The fourth-order valence-corrected chi connectivity index (χ4v) is 2.45. The molecule has 0 saturated heterocycles. The van der Waals surface area contributed by atoms with Crippen molar-refractivity contribution in [2.45, 2.75) is 0 Å². The van der Waals surface area contributed by atoms with Gasteiger partial charge in [0.15, 0.2) is 0 Å². The summed E-state index contributed by atoms with van der Waals surface area (Å²) < 4.78 is 18.7. The van der Waals surface area contributed by atoms with Gasteiger partial charge in [-0.2, -0.15) is 5.26 Å². The highest BCUT2D eigenvalue weighted by atomic mass is 127. The fourth-order valence-electron chi connectivity index (χ4n) is 1.73. The Kier molecular flexibility index (Phi) is 4.75. The lowest BCUT2D eigenvalue weighted by Crippen LogP contribution is -2.14. The second-order valence-electron chi connectivity index (χ2n) is 4.11. The number of carbonyl (C=O) groups is 1. The topological polar surface area (TPSA) is 62.1 Å². The lowest BCUT2D eigenvalue weighted by Gasteiger charge is -2.11. The first-order valence-electron chi connectivity index (χ1n) is 5.89. The Balaban J connectivity index is 2.29. The fraction of sp³-hybridized carbons (Fsp3) is 0.0667. The van der Waals surface area contributed by atoms with Gasteiger partial charge in [0.2, 0.25) is 0 Å². The van der Waals surface area contributed by atoms with E-state index in [9.17, 15) is 9.18 Å². The van der Waals surface area contributed by atoms with Crippen LogP contribution in [0.1, 0.15) is 15.9 Å². The maximum atomic E-state index is 13.1. The maximum Gasteiger partial charge on any atom is 0.256 e. The predicted molar refractivity (Wildman–Crippen MR) is 84.8 cm³/mol. The third-order valence-corrected chi connectivity index (χ3v) is 3.65. The molecule has 2 aromatic carbocycles. The summed E-state index contributed by atoms with van der Waals surface area (Å²) in [5.74, 6) is -0.381. The largest absolute Gasteiger partial charge is 0.495 e. The van der Waals surface area contributed by atoms with Crippen molar-refractivity contribution in [2.24, 2.45) is 0 Å². The molecule has 0 aliphatic carbocycles. The van der Waals surface area contributed by atoms with Crippen LogP contribution in [0.15, 0.2) is 36.4 Å². The highest BCUT2D eigenvalue weighted by Gasteiger charge is 2.13. The summed E-state index contributed by atoms with van der Waals surface area (Å²) in [5.41, 5.74) is 1.24. The number of nitriles is 1. The minimum atomic E-state index is -0.396. The molecule has 2 aromatic rings. The summed E-state index contributed by atoms with van der Waals surface area (Å²) in [6.45, 7) is 0. The van der Waals surface area contributed by atoms with E-state index in [1.165, 1.54) is 31.4 Å². The molecular formula is C15H10FIN2O2. The molecule has 0 unspecified atom stereocenters. The first-order valence-corrected chi connectivity index (χ1v) is 6.97. The highest BCUT2D eigenvalue weighted by molar-refractivity contribution is 14.1. The Hall–Kier alpha value is -2.14. The van der Waals surface area contributed by atoms with Crippen LogP contribution >= 0.6 is 22.6 Å². The Morgan fingerprint density at radius 3 is 2.71 bits per heavy atom. The second kappa shape index (κ2) is 6.54. The summed E-state index contributed by atoms with van der Waals surface area (Å²) in [4.78, 5) is 12.2. The SMILES string of the molecule is COc1cc(C#N)ccc1NC(=O)c1ccc(F)cc1I. The molecule has 21 heavy (non-hydrogen) atoms. The number of amides is 1. The van der Waals surface area contributed by atoms with Crippen LogP contribution in [0.4, 0.5) is 10.1 Å². The zero-order chi connectivity index (χ0) is 15.4. The van der Waals surface area contributed by atoms with Gasteiger partial charge in [-0.1, -0.05) is 0 Å². The summed E-state index contributed by atoms with van der Waals surface area (Å²) in [5, 5.41) is 11.5. The number of anilines is 1. The van der Waals surface area contributed by atoms with Gasteiger partial charge in [0.1, 0.15) is 11.6 Å². The highest BCUT2D eigenvalue weighted by Crippen LogP contribution is 2.26. The molecule has 4 nitrogen and oxygen atoms in total.